The van der Waals surface area contributed by atoms with Crippen molar-refractivity contribution in [2.24, 2.45) is 11.8 Å². The highest BCUT2D eigenvalue weighted by Gasteiger charge is 2.29. The Morgan fingerprint density at radius 3 is 2.66 bits per heavy atom. The highest BCUT2D eigenvalue weighted by atomic mass is 32.1. The fraction of sp³-hybridized carbons (Fsp3) is 0.720. The molecule has 5 rings (SSSR count). The average Bonchev–Trinajstić information content (AvgIpc) is 3.17. The number of carbonyl (C=O) groups is 1. The van der Waals surface area contributed by atoms with Gasteiger partial charge in [0.25, 0.3) is 5.56 Å². The molecule has 0 spiro atoms. The fourth-order valence-electron chi connectivity index (χ4n) is 5.85. The summed E-state index contributed by atoms with van der Waals surface area (Å²) in [5.41, 5.74) is 1.27. The Kier molecular flexibility index (Phi) is 6.39. The predicted octanol–water partition coefficient (Wildman–Crippen LogP) is 4.33. The lowest BCUT2D eigenvalue weighted by Crippen LogP contribution is -2.47. The molecule has 2 aliphatic carbocycles. The van der Waals surface area contributed by atoms with Crippen LogP contribution in [0.4, 0.5) is 0 Å². The summed E-state index contributed by atoms with van der Waals surface area (Å²) in [5, 5.41) is 4.15. The second kappa shape index (κ2) is 9.26. The summed E-state index contributed by atoms with van der Waals surface area (Å²) in [7, 11) is 0. The molecular formula is C25H36N4O2S. The van der Waals surface area contributed by atoms with Gasteiger partial charge in [0.15, 0.2) is 0 Å². The monoisotopic (exact) mass is 456 g/mol. The fourth-order valence-corrected chi connectivity index (χ4v) is 7.24. The molecule has 0 bridgehead atoms. The SMILES string of the molecule is CC1CCc2c(sc3nc(C(C)N4CCC(NC(=O)C5CCCCC5)CC4)[nH]c(=O)c23)C1. The third-order valence-corrected chi connectivity index (χ3v) is 9.13. The third-order valence-electron chi connectivity index (χ3n) is 7.98. The zero-order valence-electron chi connectivity index (χ0n) is 19.4. The molecule has 3 heterocycles. The Morgan fingerprint density at radius 1 is 1.16 bits per heavy atom. The van der Waals surface area contributed by atoms with E-state index < -0.39 is 0 Å². The van der Waals surface area contributed by atoms with Gasteiger partial charge >= 0.3 is 0 Å². The zero-order valence-corrected chi connectivity index (χ0v) is 20.2. The van der Waals surface area contributed by atoms with E-state index in [1.165, 1.54) is 29.7 Å². The molecule has 2 N–H and O–H groups in total. The highest BCUT2D eigenvalue weighted by molar-refractivity contribution is 7.18. The molecule has 2 aromatic heterocycles. The quantitative estimate of drug-likeness (QED) is 0.718. The number of nitrogens with zero attached hydrogens (tertiary/aromatic N) is 2. The minimum absolute atomic E-state index is 0.0264. The van der Waals surface area contributed by atoms with Crippen molar-refractivity contribution in [2.75, 3.05) is 13.1 Å². The van der Waals surface area contributed by atoms with Crippen LogP contribution in [0.3, 0.4) is 0 Å². The maximum absolute atomic E-state index is 13.0. The topological polar surface area (TPSA) is 78.1 Å². The van der Waals surface area contributed by atoms with Crippen LogP contribution in [0.2, 0.25) is 0 Å². The maximum Gasteiger partial charge on any atom is 0.259 e. The molecule has 7 heteroatoms. The molecule has 2 fully saturated rings. The standard InChI is InChI=1S/C25H36N4O2S/c1-15-8-9-19-20(14-15)32-25-21(19)24(31)27-22(28-25)16(2)29-12-10-18(11-13-29)26-23(30)17-6-4-3-5-7-17/h15-18H,3-14H2,1-2H3,(H,26,30)(H,27,28,31). The lowest BCUT2D eigenvalue weighted by Gasteiger charge is -2.36. The molecule has 2 unspecified atom stereocenters. The number of hydrogen-bond acceptors (Lipinski definition) is 5. The number of aromatic amines is 1. The van der Waals surface area contributed by atoms with E-state index in [0.717, 1.165) is 74.1 Å². The van der Waals surface area contributed by atoms with Crippen molar-refractivity contribution in [1.29, 1.82) is 0 Å². The van der Waals surface area contributed by atoms with Crippen LogP contribution in [0.15, 0.2) is 4.79 Å². The number of aryl methyl sites for hydroxylation is 1. The second-order valence-corrected chi connectivity index (χ2v) is 11.4. The first kappa shape index (κ1) is 22.1. The predicted molar refractivity (Wildman–Crippen MR) is 129 cm³/mol. The van der Waals surface area contributed by atoms with Crippen LogP contribution < -0.4 is 10.9 Å². The van der Waals surface area contributed by atoms with Gasteiger partial charge in [0.2, 0.25) is 5.91 Å². The highest BCUT2D eigenvalue weighted by Crippen LogP contribution is 2.36. The summed E-state index contributed by atoms with van der Waals surface area (Å²) in [6.07, 6.45) is 10.9. The van der Waals surface area contributed by atoms with Crippen molar-refractivity contribution in [3.63, 3.8) is 0 Å². The zero-order chi connectivity index (χ0) is 22.2. The van der Waals surface area contributed by atoms with E-state index in [1.807, 2.05) is 0 Å². The first-order valence-electron chi connectivity index (χ1n) is 12.6. The number of piperidine rings is 1. The van der Waals surface area contributed by atoms with Gasteiger partial charge in [-0.25, -0.2) is 4.98 Å². The van der Waals surface area contributed by atoms with Crippen LogP contribution in [-0.4, -0.2) is 39.9 Å². The summed E-state index contributed by atoms with van der Waals surface area (Å²) >= 11 is 1.72. The first-order chi connectivity index (χ1) is 15.5. The van der Waals surface area contributed by atoms with Gasteiger partial charge in [-0.15, -0.1) is 11.3 Å². The van der Waals surface area contributed by atoms with Crippen molar-refractivity contribution in [2.45, 2.75) is 90.1 Å². The Morgan fingerprint density at radius 2 is 1.91 bits per heavy atom. The van der Waals surface area contributed by atoms with E-state index in [-0.39, 0.29) is 29.5 Å². The smallest absolute Gasteiger partial charge is 0.259 e. The molecular weight excluding hydrogens is 420 g/mol. The molecule has 1 saturated carbocycles. The van der Waals surface area contributed by atoms with E-state index in [2.05, 4.69) is 29.0 Å². The van der Waals surface area contributed by atoms with E-state index >= 15 is 0 Å². The number of hydrogen-bond donors (Lipinski definition) is 2. The van der Waals surface area contributed by atoms with Gasteiger partial charge in [-0.2, -0.15) is 0 Å². The number of fused-ring (bicyclic) bond motifs is 3. The minimum Gasteiger partial charge on any atom is -0.353 e. The Balaban J connectivity index is 1.24. The molecule has 2 atom stereocenters. The number of thiophene rings is 1. The van der Waals surface area contributed by atoms with Crippen molar-refractivity contribution in [3.05, 3.63) is 26.6 Å². The van der Waals surface area contributed by atoms with Gasteiger partial charge in [0.1, 0.15) is 10.7 Å². The molecule has 6 nitrogen and oxygen atoms in total. The largest absolute Gasteiger partial charge is 0.353 e. The van der Waals surface area contributed by atoms with Gasteiger partial charge in [0.05, 0.1) is 11.4 Å². The van der Waals surface area contributed by atoms with Crippen LogP contribution in [0.1, 0.15) is 87.5 Å². The van der Waals surface area contributed by atoms with Crippen molar-refractivity contribution in [3.8, 4) is 0 Å². The molecule has 1 saturated heterocycles. The lowest BCUT2D eigenvalue weighted by molar-refractivity contribution is -0.127. The van der Waals surface area contributed by atoms with Crippen molar-refractivity contribution >= 4 is 27.5 Å². The number of nitrogens with one attached hydrogen (secondary N) is 2. The van der Waals surface area contributed by atoms with Gasteiger partial charge in [-0.05, 0) is 63.4 Å². The molecule has 32 heavy (non-hydrogen) atoms. The molecule has 0 radical (unpaired) electrons. The van der Waals surface area contributed by atoms with E-state index in [4.69, 9.17) is 4.98 Å². The Labute approximate surface area is 194 Å². The summed E-state index contributed by atoms with van der Waals surface area (Å²) in [4.78, 5) is 38.3. The van der Waals surface area contributed by atoms with E-state index in [0.29, 0.717) is 5.92 Å². The van der Waals surface area contributed by atoms with Crippen LogP contribution in [0.25, 0.3) is 10.2 Å². The third kappa shape index (κ3) is 4.38. The summed E-state index contributed by atoms with van der Waals surface area (Å²) in [6.45, 7) is 6.26. The molecule has 1 aliphatic heterocycles. The van der Waals surface area contributed by atoms with Gasteiger partial charge in [-0.1, -0.05) is 26.2 Å². The second-order valence-electron chi connectivity index (χ2n) is 10.3. The molecule has 3 aliphatic rings. The molecule has 2 aromatic rings. The average molecular weight is 457 g/mol. The van der Waals surface area contributed by atoms with Crippen molar-refractivity contribution < 1.29 is 4.79 Å². The number of amides is 1. The number of carbonyl (C=O) groups excluding carboxylic acids is 1. The minimum atomic E-state index is 0.0264. The molecule has 174 valence electrons. The number of aromatic nitrogens is 2. The van der Waals surface area contributed by atoms with Gasteiger partial charge in [0, 0.05) is 29.9 Å². The molecule has 0 aromatic carbocycles. The molecule has 1 amide bonds. The maximum atomic E-state index is 13.0. The van der Waals surface area contributed by atoms with Gasteiger partial charge in [-0.3, -0.25) is 14.5 Å². The lowest BCUT2D eigenvalue weighted by atomic mass is 9.88. The summed E-state index contributed by atoms with van der Waals surface area (Å²) in [6, 6.07) is 0.341. The first-order valence-corrected chi connectivity index (χ1v) is 13.4. The number of rotatable bonds is 4. The summed E-state index contributed by atoms with van der Waals surface area (Å²) < 4.78 is 0. The Bertz CT molecular complexity index is 1030. The van der Waals surface area contributed by atoms with E-state index in [1.54, 1.807) is 11.3 Å². The van der Waals surface area contributed by atoms with Gasteiger partial charge < -0.3 is 10.3 Å². The number of likely N-dealkylation sites (tertiary alicyclic amines) is 1. The van der Waals surface area contributed by atoms with Crippen LogP contribution in [0.5, 0.6) is 0 Å². The summed E-state index contributed by atoms with van der Waals surface area (Å²) in [5.74, 6) is 1.96. The normalized spacial score (nSPS) is 24.4. The Hall–Kier alpha value is -1.73. The van der Waals surface area contributed by atoms with Crippen LogP contribution in [0, 0.1) is 11.8 Å². The number of H-pyrrole nitrogens is 1. The van der Waals surface area contributed by atoms with Crippen LogP contribution in [-0.2, 0) is 17.6 Å². The van der Waals surface area contributed by atoms with E-state index in [9.17, 15) is 9.59 Å². The van der Waals surface area contributed by atoms with Crippen molar-refractivity contribution in [1.82, 2.24) is 20.2 Å². The van der Waals surface area contributed by atoms with Crippen LogP contribution >= 0.6 is 11.3 Å².